The van der Waals surface area contributed by atoms with Gasteiger partial charge in [0.1, 0.15) is 0 Å². The van der Waals surface area contributed by atoms with E-state index in [9.17, 15) is 0 Å². The first-order chi connectivity index (χ1) is 9.51. The van der Waals surface area contributed by atoms with E-state index in [0.29, 0.717) is 10.0 Å². The summed E-state index contributed by atoms with van der Waals surface area (Å²) in [4.78, 5) is 0. The van der Waals surface area contributed by atoms with Gasteiger partial charge in [0.2, 0.25) is 0 Å². The van der Waals surface area contributed by atoms with Gasteiger partial charge in [0.05, 0.1) is 11.4 Å². The minimum Gasteiger partial charge on any atom is -0.305 e. The third-order valence-electron chi connectivity index (χ3n) is 3.30. The van der Waals surface area contributed by atoms with Crippen molar-refractivity contribution in [2.75, 3.05) is 0 Å². The topological polar surface area (TPSA) is 29.9 Å². The normalized spacial score (nSPS) is 12.7. The highest BCUT2D eigenvalue weighted by atomic mass is 35.5. The van der Waals surface area contributed by atoms with Crippen molar-refractivity contribution in [3.8, 4) is 0 Å². The largest absolute Gasteiger partial charge is 0.305 e. The van der Waals surface area contributed by atoms with Crippen molar-refractivity contribution < 1.29 is 0 Å². The van der Waals surface area contributed by atoms with Crippen molar-refractivity contribution in [2.45, 2.75) is 39.9 Å². The van der Waals surface area contributed by atoms with Gasteiger partial charge in [0, 0.05) is 29.2 Å². The summed E-state index contributed by atoms with van der Waals surface area (Å²) in [6.45, 7) is 7.83. The highest BCUT2D eigenvalue weighted by Crippen LogP contribution is 2.26. The third-order valence-corrected chi connectivity index (χ3v) is 3.87. The van der Waals surface area contributed by atoms with E-state index in [4.69, 9.17) is 23.2 Å². The van der Waals surface area contributed by atoms with Crippen LogP contribution in [0.25, 0.3) is 0 Å². The van der Waals surface area contributed by atoms with Crippen LogP contribution in [0.1, 0.15) is 36.8 Å². The van der Waals surface area contributed by atoms with Crippen LogP contribution in [0.4, 0.5) is 0 Å². The van der Waals surface area contributed by atoms with Gasteiger partial charge in [-0.05, 0) is 44.5 Å². The molecule has 2 rings (SSSR count). The number of hydrogen-bond acceptors (Lipinski definition) is 2. The SMILES string of the molecule is CCn1nc(C)cc1CNC(C)c1ccc(Cl)cc1Cl. The molecule has 2 aromatic rings. The minimum absolute atomic E-state index is 0.153. The Kier molecular flexibility index (Phi) is 5.08. The van der Waals surface area contributed by atoms with Crippen LogP contribution in [-0.2, 0) is 13.1 Å². The Morgan fingerprint density at radius 2 is 2.05 bits per heavy atom. The maximum absolute atomic E-state index is 6.23. The van der Waals surface area contributed by atoms with E-state index in [-0.39, 0.29) is 6.04 Å². The van der Waals surface area contributed by atoms with Gasteiger partial charge in [-0.15, -0.1) is 0 Å². The van der Waals surface area contributed by atoms with Gasteiger partial charge in [0.25, 0.3) is 0 Å². The van der Waals surface area contributed by atoms with E-state index in [0.717, 1.165) is 24.3 Å². The Labute approximate surface area is 129 Å². The highest BCUT2D eigenvalue weighted by molar-refractivity contribution is 6.35. The molecular weight excluding hydrogens is 293 g/mol. The molecule has 1 aromatic heterocycles. The predicted octanol–water partition coefficient (Wildman–Crippen LogP) is 4.37. The van der Waals surface area contributed by atoms with Gasteiger partial charge in [-0.25, -0.2) is 0 Å². The fourth-order valence-corrected chi connectivity index (χ4v) is 2.81. The van der Waals surface area contributed by atoms with Crippen LogP contribution >= 0.6 is 23.2 Å². The number of nitrogens with zero attached hydrogens (tertiary/aromatic N) is 2. The molecule has 0 radical (unpaired) electrons. The average Bonchev–Trinajstić information content (AvgIpc) is 2.76. The van der Waals surface area contributed by atoms with Crippen LogP contribution in [-0.4, -0.2) is 9.78 Å². The van der Waals surface area contributed by atoms with Gasteiger partial charge in [0.15, 0.2) is 0 Å². The summed E-state index contributed by atoms with van der Waals surface area (Å²) in [5.41, 5.74) is 3.28. The molecule has 20 heavy (non-hydrogen) atoms. The molecule has 0 spiro atoms. The summed E-state index contributed by atoms with van der Waals surface area (Å²) in [7, 11) is 0. The molecule has 0 saturated carbocycles. The van der Waals surface area contributed by atoms with E-state index in [1.54, 1.807) is 6.07 Å². The Morgan fingerprint density at radius 3 is 2.70 bits per heavy atom. The fourth-order valence-electron chi connectivity index (χ4n) is 2.24. The molecular formula is C15H19Cl2N3. The summed E-state index contributed by atoms with van der Waals surface area (Å²) in [6, 6.07) is 7.86. The molecule has 0 amide bonds. The maximum Gasteiger partial charge on any atom is 0.0597 e. The van der Waals surface area contributed by atoms with Gasteiger partial charge in [-0.1, -0.05) is 29.3 Å². The summed E-state index contributed by atoms with van der Waals surface area (Å²) in [6.07, 6.45) is 0. The van der Waals surface area contributed by atoms with Gasteiger partial charge >= 0.3 is 0 Å². The van der Waals surface area contributed by atoms with Gasteiger partial charge < -0.3 is 5.32 Å². The molecule has 3 nitrogen and oxygen atoms in total. The molecule has 0 aliphatic rings. The maximum atomic E-state index is 6.23. The Hall–Kier alpha value is -1.03. The molecule has 108 valence electrons. The zero-order valence-electron chi connectivity index (χ0n) is 12.0. The molecule has 1 aromatic carbocycles. The lowest BCUT2D eigenvalue weighted by atomic mass is 10.1. The zero-order valence-corrected chi connectivity index (χ0v) is 13.5. The molecule has 0 aliphatic heterocycles. The summed E-state index contributed by atoms with van der Waals surface area (Å²) >= 11 is 12.1. The molecule has 0 saturated heterocycles. The van der Waals surface area contributed by atoms with Crippen molar-refractivity contribution in [3.63, 3.8) is 0 Å². The quantitative estimate of drug-likeness (QED) is 0.888. The number of aromatic nitrogens is 2. The lowest BCUT2D eigenvalue weighted by Gasteiger charge is -2.16. The zero-order chi connectivity index (χ0) is 14.7. The van der Waals surface area contributed by atoms with Crippen LogP contribution in [0.2, 0.25) is 10.0 Å². The average molecular weight is 312 g/mol. The molecule has 0 aliphatic carbocycles. The number of nitrogens with one attached hydrogen (secondary N) is 1. The summed E-state index contributed by atoms with van der Waals surface area (Å²) in [5.74, 6) is 0. The predicted molar refractivity (Wildman–Crippen MR) is 84.4 cm³/mol. The van der Waals surface area contributed by atoms with E-state index in [1.165, 1.54) is 5.69 Å². The molecule has 0 bridgehead atoms. The second kappa shape index (κ2) is 6.61. The molecule has 5 heteroatoms. The monoisotopic (exact) mass is 311 g/mol. The standard InChI is InChI=1S/C15H19Cl2N3/c1-4-20-13(7-10(2)19-20)9-18-11(3)14-6-5-12(16)8-15(14)17/h5-8,11,18H,4,9H2,1-3H3. The van der Waals surface area contributed by atoms with E-state index in [2.05, 4.69) is 30.3 Å². The van der Waals surface area contributed by atoms with Crippen molar-refractivity contribution in [1.82, 2.24) is 15.1 Å². The van der Waals surface area contributed by atoms with Crippen LogP contribution in [0, 0.1) is 6.92 Å². The Balaban J connectivity index is 2.06. The van der Waals surface area contributed by atoms with Crippen LogP contribution in [0.5, 0.6) is 0 Å². The van der Waals surface area contributed by atoms with Crippen molar-refractivity contribution in [3.05, 3.63) is 51.3 Å². The lowest BCUT2D eigenvalue weighted by Crippen LogP contribution is -2.20. The summed E-state index contributed by atoms with van der Waals surface area (Å²) in [5, 5.41) is 9.27. The van der Waals surface area contributed by atoms with Gasteiger partial charge in [-0.3, -0.25) is 4.68 Å². The first-order valence-electron chi connectivity index (χ1n) is 6.73. The second-order valence-electron chi connectivity index (χ2n) is 4.86. The van der Waals surface area contributed by atoms with Gasteiger partial charge in [-0.2, -0.15) is 5.10 Å². The molecule has 0 fully saturated rings. The fraction of sp³-hybridized carbons (Fsp3) is 0.400. The smallest absolute Gasteiger partial charge is 0.0597 e. The van der Waals surface area contributed by atoms with E-state index >= 15 is 0 Å². The number of benzene rings is 1. The molecule has 1 heterocycles. The number of rotatable bonds is 5. The Bertz CT molecular complexity index is 593. The first-order valence-corrected chi connectivity index (χ1v) is 7.48. The Morgan fingerprint density at radius 1 is 1.30 bits per heavy atom. The minimum atomic E-state index is 0.153. The molecule has 1 N–H and O–H groups in total. The van der Waals surface area contributed by atoms with Crippen LogP contribution in [0.3, 0.4) is 0 Å². The van der Waals surface area contributed by atoms with E-state index in [1.807, 2.05) is 23.7 Å². The van der Waals surface area contributed by atoms with Crippen LogP contribution in [0.15, 0.2) is 24.3 Å². The highest BCUT2D eigenvalue weighted by Gasteiger charge is 2.11. The molecule has 1 unspecified atom stereocenters. The second-order valence-corrected chi connectivity index (χ2v) is 5.70. The van der Waals surface area contributed by atoms with Crippen molar-refractivity contribution >= 4 is 23.2 Å². The number of aryl methyl sites for hydroxylation is 2. The number of halogens is 2. The number of hydrogen-bond donors (Lipinski definition) is 1. The van der Waals surface area contributed by atoms with Crippen molar-refractivity contribution in [2.24, 2.45) is 0 Å². The molecule has 1 atom stereocenters. The van der Waals surface area contributed by atoms with Crippen molar-refractivity contribution in [1.29, 1.82) is 0 Å². The lowest BCUT2D eigenvalue weighted by molar-refractivity contribution is 0.531. The first kappa shape index (κ1) is 15.4. The van der Waals surface area contributed by atoms with Crippen LogP contribution < -0.4 is 5.32 Å². The summed E-state index contributed by atoms with van der Waals surface area (Å²) < 4.78 is 2.01. The third kappa shape index (κ3) is 3.54. The van der Waals surface area contributed by atoms with E-state index < -0.39 is 0 Å².